The molecule has 0 bridgehead atoms. The summed E-state index contributed by atoms with van der Waals surface area (Å²) in [5.41, 5.74) is 6.95. The maximum atomic E-state index is 13.9. The molecule has 1 aromatic heterocycles. The summed E-state index contributed by atoms with van der Waals surface area (Å²) in [6, 6.07) is 29.3. The molecule has 1 fully saturated rings. The van der Waals surface area contributed by atoms with Crippen LogP contribution in [0.2, 0.25) is 0 Å². The Balaban J connectivity index is 0.637. The Morgan fingerprint density at radius 1 is 0.784 bits per heavy atom. The third-order valence-electron chi connectivity index (χ3n) is 11.7. The van der Waals surface area contributed by atoms with Gasteiger partial charge in [0.05, 0.1) is 59.0 Å². The van der Waals surface area contributed by atoms with Crippen LogP contribution in [0.4, 0.5) is 0 Å². The second kappa shape index (κ2) is 25.4. The molecule has 3 heterocycles. The first-order valence-corrected chi connectivity index (χ1v) is 24.4. The molecule has 1 atom stereocenters. The van der Waals surface area contributed by atoms with Gasteiger partial charge in [0.1, 0.15) is 36.5 Å². The Bertz CT molecular complexity index is 3110. The lowest BCUT2D eigenvalue weighted by Crippen LogP contribution is -2.52. The SMILES string of the molecule is O=C(COCCOCCOCCOCCOc1ccc(/C=N/NC(=O)c2ccc(C(=O)c3c(-c4ccc(O)cc4)sc4cc(O)ccc34)cc2)cc1)NCC#Cc1cccc2c1CN(C1CCC(=O)NC1=O)C2=O. The van der Waals surface area contributed by atoms with Gasteiger partial charge >= 0.3 is 0 Å². The summed E-state index contributed by atoms with van der Waals surface area (Å²) < 4.78 is 28.5. The molecule has 1 unspecified atom stereocenters. The molecule has 1 saturated heterocycles. The molecule has 8 rings (SSSR count). The Hall–Kier alpha value is -8.25. The number of ether oxygens (including phenoxy) is 5. The fourth-order valence-electron chi connectivity index (χ4n) is 8.00. The van der Waals surface area contributed by atoms with Crippen LogP contribution in [0.5, 0.6) is 17.2 Å². The van der Waals surface area contributed by atoms with E-state index in [0.29, 0.717) is 89.0 Å². The summed E-state index contributed by atoms with van der Waals surface area (Å²) in [4.78, 5) is 78.1. The molecule has 0 radical (unpaired) electrons. The fourth-order valence-corrected chi connectivity index (χ4v) is 9.24. The van der Waals surface area contributed by atoms with E-state index >= 15 is 0 Å². The smallest absolute Gasteiger partial charge is 0.271 e. The van der Waals surface area contributed by atoms with Gasteiger partial charge in [0.25, 0.3) is 11.8 Å². The minimum atomic E-state index is -0.712. The average molecular weight is 1020 g/mol. The standard InChI is InChI=1S/C55H51N5O13S/c61-40-14-12-38(13-15-40)52-50(44-19-16-41(62)31-47(44)74-52)51(65)37-8-10-39(11-9-37)53(66)59-57-32-35-6-17-42(18-7-35)73-30-29-71-26-25-69-23-24-70-27-28-72-34-49(64)56-22-2-4-36-3-1-5-43-45(36)33-60(55(43)68)46-20-21-48(63)58-54(46)67/h1,3,5-19,31-32,46,61-62H,20-30,33-34H2,(H,56,64)(H,59,66)(H,58,63,67)/b57-32+. The molecule has 0 saturated carbocycles. The van der Waals surface area contributed by atoms with Crippen LogP contribution >= 0.6 is 11.3 Å². The number of nitrogens with zero attached hydrogens (tertiary/aromatic N) is 2. The highest BCUT2D eigenvalue weighted by Gasteiger charge is 2.39. The van der Waals surface area contributed by atoms with E-state index in [9.17, 15) is 39.0 Å². The first-order valence-electron chi connectivity index (χ1n) is 23.6. The quantitative estimate of drug-likeness (QED) is 0.0136. The molecule has 19 heteroatoms. The highest BCUT2D eigenvalue weighted by Crippen LogP contribution is 2.41. The third-order valence-corrected chi connectivity index (χ3v) is 12.9. The molecule has 0 spiro atoms. The highest BCUT2D eigenvalue weighted by atomic mass is 32.1. The Labute approximate surface area is 429 Å². The fraction of sp³-hybridized carbons (Fsp3) is 0.255. The number of piperidine rings is 1. The number of nitrogens with one attached hydrogen (secondary N) is 3. The number of imide groups is 1. The van der Waals surface area contributed by atoms with Crippen molar-refractivity contribution in [3.05, 3.63) is 148 Å². The first kappa shape index (κ1) is 52.1. The molecule has 5 aromatic carbocycles. The summed E-state index contributed by atoms with van der Waals surface area (Å²) in [5, 5.41) is 29.6. The molecule has 5 N–H and O–H groups in total. The van der Waals surface area contributed by atoms with Crippen LogP contribution in [0, 0.1) is 11.8 Å². The van der Waals surface area contributed by atoms with Gasteiger partial charge in [0.15, 0.2) is 5.78 Å². The molecule has 2 aliphatic rings. The van der Waals surface area contributed by atoms with E-state index in [0.717, 1.165) is 15.8 Å². The van der Waals surface area contributed by atoms with Gasteiger partial charge in [-0.25, -0.2) is 5.43 Å². The van der Waals surface area contributed by atoms with Crippen LogP contribution in [0.15, 0.2) is 114 Å². The number of hydrazone groups is 1. The largest absolute Gasteiger partial charge is 0.508 e. The van der Waals surface area contributed by atoms with E-state index in [4.69, 9.17) is 23.7 Å². The molecule has 6 aromatic rings. The maximum absolute atomic E-state index is 13.9. The second-order valence-electron chi connectivity index (χ2n) is 16.8. The van der Waals surface area contributed by atoms with Crippen molar-refractivity contribution in [3.8, 4) is 39.5 Å². The van der Waals surface area contributed by atoms with Crippen LogP contribution < -0.4 is 20.8 Å². The number of hydrogen-bond donors (Lipinski definition) is 5. The molecule has 74 heavy (non-hydrogen) atoms. The molecule has 2 aliphatic heterocycles. The number of amides is 5. The number of phenols is 2. The predicted molar refractivity (Wildman–Crippen MR) is 273 cm³/mol. The topological polar surface area (TPSA) is 241 Å². The van der Waals surface area contributed by atoms with Gasteiger partial charge in [-0.05, 0) is 114 Å². The molecule has 0 aliphatic carbocycles. The zero-order chi connectivity index (χ0) is 51.8. The maximum Gasteiger partial charge on any atom is 0.271 e. The zero-order valence-electron chi connectivity index (χ0n) is 39.9. The van der Waals surface area contributed by atoms with Gasteiger partial charge in [0.2, 0.25) is 17.7 Å². The minimum absolute atomic E-state index is 0.0720. The van der Waals surface area contributed by atoms with Crippen LogP contribution in [0.1, 0.15) is 66.2 Å². The Morgan fingerprint density at radius 3 is 2.18 bits per heavy atom. The van der Waals surface area contributed by atoms with E-state index in [1.54, 1.807) is 103 Å². The lowest BCUT2D eigenvalue weighted by Gasteiger charge is -2.29. The van der Waals surface area contributed by atoms with Gasteiger partial charge in [-0.2, -0.15) is 5.10 Å². The zero-order valence-corrected chi connectivity index (χ0v) is 40.7. The molecule has 18 nitrogen and oxygen atoms in total. The number of aromatic hydroxyl groups is 2. The normalized spacial score (nSPS) is 14.1. The third kappa shape index (κ3) is 13.6. The number of carbonyl (C=O) groups is 6. The van der Waals surface area contributed by atoms with Crippen molar-refractivity contribution in [2.45, 2.75) is 25.4 Å². The van der Waals surface area contributed by atoms with E-state index in [1.807, 2.05) is 0 Å². The average Bonchev–Trinajstić information content (AvgIpc) is 3.95. The lowest BCUT2D eigenvalue weighted by molar-refractivity contribution is -0.137. The van der Waals surface area contributed by atoms with Crippen LogP contribution in [-0.4, -0.2) is 129 Å². The number of carbonyl (C=O) groups excluding carboxylic acids is 6. The molecule has 5 amide bonds. The van der Waals surface area contributed by atoms with Crippen molar-refractivity contribution >= 4 is 63.0 Å². The van der Waals surface area contributed by atoms with E-state index < -0.39 is 17.9 Å². The van der Waals surface area contributed by atoms with Gasteiger partial charge in [0, 0.05) is 55.7 Å². The van der Waals surface area contributed by atoms with Crippen molar-refractivity contribution in [1.29, 1.82) is 0 Å². The van der Waals surface area contributed by atoms with Crippen molar-refractivity contribution in [2.75, 3.05) is 66.0 Å². The van der Waals surface area contributed by atoms with E-state index in [-0.39, 0.29) is 80.8 Å². The Kier molecular flexibility index (Phi) is 17.9. The van der Waals surface area contributed by atoms with Crippen molar-refractivity contribution < 1.29 is 62.7 Å². The number of phenolic OH excluding ortho intramolecular Hbond substituents is 2. The summed E-state index contributed by atoms with van der Waals surface area (Å²) in [6.07, 6.45) is 1.95. The summed E-state index contributed by atoms with van der Waals surface area (Å²) in [7, 11) is 0. The van der Waals surface area contributed by atoms with Gasteiger partial charge in [-0.3, -0.25) is 34.1 Å². The van der Waals surface area contributed by atoms with Gasteiger partial charge in [-0.15, -0.1) is 11.3 Å². The monoisotopic (exact) mass is 1020 g/mol. The number of benzene rings is 5. The van der Waals surface area contributed by atoms with Crippen LogP contribution in [-0.2, 0) is 39.9 Å². The summed E-state index contributed by atoms with van der Waals surface area (Å²) in [5.74, 6) is 4.58. The summed E-state index contributed by atoms with van der Waals surface area (Å²) in [6.45, 7) is 2.72. The van der Waals surface area contributed by atoms with E-state index in [2.05, 4.69) is 33.0 Å². The van der Waals surface area contributed by atoms with Crippen molar-refractivity contribution in [3.63, 3.8) is 0 Å². The van der Waals surface area contributed by atoms with Crippen molar-refractivity contribution in [1.82, 2.24) is 21.0 Å². The minimum Gasteiger partial charge on any atom is -0.508 e. The second-order valence-corrected chi connectivity index (χ2v) is 17.8. The first-order chi connectivity index (χ1) is 36.0. The molecular formula is C55H51N5O13S. The Morgan fingerprint density at radius 2 is 1.46 bits per heavy atom. The summed E-state index contributed by atoms with van der Waals surface area (Å²) >= 11 is 1.37. The van der Waals surface area contributed by atoms with Crippen molar-refractivity contribution in [2.24, 2.45) is 5.10 Å². The lowest BCUT2D eigenvalue weighted by atomic mass is 9.97. The number of ketones is 1. The van der Waals surface area contributed by atoms with E-state index in [1.165, 1.54) is 28.5 Å². The number of rotatable bonds is 23. The molecule has 380 valence electrons. The number of hydrogen-bond acceptors (Lipinski definition) is 15. The number of fused-ring (bicyclic) bond motifs is 2. The number of thiophene rings is 1. The van der Waals surface area contributed by atoms with Gasteiger partial charge in [-0.1, -0.05) is 30.0 Å². The molecular weight excluding hydrogens is 971 g/mol. The van der Waals surface area contributed by atoms with Gasteiger partial charge < -0.3 is 44.1 Å². The predicted octanol–water partition coefficient (Wildman–Crippen LogP) is 5.35. The van der Waals surface area contributed by atoms with Crippen LogP contribution in [0.25, 0.3) is 20.5 Å². The van der Waals surface area contributed by atoms with Crippen LogP contribution in [0.3, 0.4) is 0 Å². The highest BCUT2D eigenvalue weighted by molar-refractivity contribution is 7.22.